The number of nitrogens with zero attached hydrogens (tertiary/aromatic N) is 4. The number of aromatic nitrogens is 2. The Morgan fingerprint density at radius 3 is 2.40 bits per heavy atom. The Labute approximate surface area is 103 Å². The lowest BCUT2D eigenvalue weighted by atomic mass is 10.4. The van der Waals surface area contributed by atoms with E-state index in [-0.39, 0.29) is 0 Å². The molecular weight excluding hydrogens is 276 g/mol. The van der Waals surface area contributed by atoms with Crippen LogP contribution in [0.15, 0.2) is 3.92 Å². The third-order valence-electron chi connectivity index (χ3n) is 1.97. The van der Waals surface area contributed by atoms with Crippen molar-refractivity contribution in [1.82, 2.24) is 15.1 Å². The van der Waals surface area contributed by atoms with Gasteiger partial charge in [-0.25, -0.2) is 0 Å². The van der Waals surface area contributed by atoms with Gasteiger partial charge in [-0.1, -0.05) is 18.3 Å². The molecule has 0 aliphatic heterocycles. The van der Waals surface area contributed by atoms with Crippen molar-refractivity contribution in [2.24, 2.45) is 0 Å². The highest BCUT2D eigenvalue weighted by Gasteiger charge is 2.10. The van der Waals surface area contributed by atoms with Gasteiger partial charge < -0.3 is 9.80 Å². The standard InChI is InChI=1S/C9H17BrN4S/c1-4-5-14(7-6-13(2)3)9-12-11-8(10)15-9/h4-7H2,1-3H3. The van der Waals surface area contributed by atoms with Crippen LogP contribution < -0.4 is 4.90 Å². The lowest BCUT2D eigenvalue weighted by Gasteiger charge is -2.22. The van der Waals surface area contributed by atoms with Gasteiger partial charge in [-0.3, -0.25) is 0 Å². The Kier molecular flexibility index (Phi) is 5.49. The van der Waals surface area contributed by atoms with Crippen molar-refractivity contribution in [2.75, 3.05) is 38.6 Å². The fourth-order valence-electron chi connectivity index (χ4n) is 1.22. The van der Waals surface area contributed by atoms with E-state index in [1.807, 2.05) is 0 Å². The van der Waals surface area contributed by atoms with Crippen LogP contribution in [0.3, 0.4) is 0 Å². The molecule has 1 aromatic rings. The van der Waals surface area contributed by atoms with Crippen LogP contribution in [0.25, 0.3) is 0 Å². The van der Waals surface area contributed by atoms with Crippen molar-refractivity contribution < 1.29 is 0 Å². The summed E-state index contributed by atoms with van der Waals surface area (Å²) in [6, 6.07) is 0. The maximum Gasteiger partial charge on any atom is 0.209 e. The van der Waals surface area contributed by atoms with E-state index in [0.29, 0.717) is 0 Å². The molecule has 15 heavy (non-hydrogen) atoms. The van der Waals surface area contributed by atoms with E-state index < -0.39 is 0 Å². The van der Waals surface area contributed by atoms with Crippen molar-refractivity contribution in [3.63, 3.8) is 0 Å². The van der Waals surface area contributed by atoms with E-state index in [4.69, 9.17) is 0 Å². The predicted octanol–water partition coefficient (Wildman–Crippen LogP) is 2.08. The van der Waals surface area contributed by atoms with Crippen molar-refractivity contribution in [3.8, 4) is 0 Å². The Bertz CT molecular complexity index is 289. The Balaban J connectivity index is 2.57. The summed E-state index contributed by atoms with van der Waals surface area (Å²) < 4.78 is 0.850. The van der Waals surface area contributed by atoms with Crippen LogP contribution >= 0.6 is 27.3 Å². The molecule has 0 spiro atoms. The molecule has 86 valence electrons. The third-order valence-corrected chi connectivity index (χ3v) is 3.39. The van der Waals surface area contributed by atoms with E-state index in [2.05, 4.69) is 56.9 Å². The molecule has 0 fully saturated rings. The molecular formula is C9H17BrN4S. The van der Waals surface area contributed by atoms with E-state index in [9.17, 15) is 0 Å². The number of rotatable bonds is 6. The molecule has 0 aromatic carbocycles. The summed E-state index contributed by atoms with van der Waals surface area (Å²) in [5.41, 5.74) is 0. The first-order chi connectivity index (χ1) is 7.13. The average Bonchev–Trinajstić information content (AvgIpc) is 2.59. The summed E-state index contributed by atoms with van der Waals surface area (Å²) in [5, 5.41) is 9.12. The zero-order valence-corrected chi connectivity index (χ0v) is 11.8. The highest BCUT2D eigenvalue weighted by Crippen LogP contribution is 2.23. The van der Waals surface area contributed by atoms with Gasteiger partial charge in [0.1, 0.15) is 0 Å². The van der Waals surface area contributed by atoms with Gasteiger partial charge >= 0.3 is 0 Å². The molecule has 0 aliphatic rings. The summed E-state index contributed by atoms with van der Waals surface area (Å²) >= 11 is 4.93. The van der Waals surface area contributed by atoms with E-state index in [1.165, 1.54) is 0 Å². The van der Waals surface area contributed by atoms with Gasteiger partial charge in [0.05, 0.1) is 0 Å². The molecule has 4 nitrogen and oxygen atoms in total. The first-order valence-electron chi connectivity index (χ1n) is 5.02. The van der Waals surface area contributed by atoms with Crippen LogP contribution in [0, 0.1) is 0 Å². The fraction of sp³-hybridized carbons (Fsp3) is 0.778. The molecule has 0 unspecified atom stereocenters. The molecule has 0 N–H and O–H groups in total. The summed E-state index contributed by atoms with van der Waals surface area (Å²) in [7, 11) is 4.17. The molecule has 1 rings (SSSR count). The number of hydrogen-bond donors (Lipinski definition) is 0. The van der Waals surface area contributed by atoms with Crippen LogP contribution in [0.4, 0.5) is 5.13 Å². The largest absolute Gasteiger partial charge is 0.345 e. The van der Waals surface area contributed by atoms with Crippen molar-refractivity contribution >= 4 is 32.4 Å². The first kappa shape index (κ1) is 12.9. The SMILES string of the molecule is CCCN(CCN(C)C)c1nnc(Br)s1. The summed E-state index contributed by atoms with van der Waals surface area (Å²) in [5.74, 6) is 0. The molecule has 1 aromatic heterocycles. The van der Waals surface area contributed by atoms with Crippen molar-refractivity contribution in [1.29, 1.82) is 0 Å². The molecule has 0 radical (unpaired) electrons. The highest BCUT2D eigenvalue weighted by atomic mass is 79.9. The van der Waals surface area contributed by atoms with Gasteiger partial charge in [-0.2, -0.15) is 0 Å². The lowest BCUT2D eigenvalue weighted by molar-refractivity contribution is 0.412. The molecule has 0 saturated carbocycles. The fourth-order valence-corrected chi connectivity index (χ4v) is 2.36. The molecule has 1 heterocycles. The van der Waals surface area contributed by atoms with E-state index in [0.717, 1.165) is 35.1 Å². The van der Waals surface area contributed by atoms with Crippen LogP contribution in [0.1, 0.15) is 13.3 Å². The van der Waals surface area contributed by atoms with Gasteiger partial charge in [0.2, 0.25) is 5.13 Å². The van der Waals surface area contributed by atoms with Gasteiger partial charge in [-0.15, -0.1) is 10.2 Å². The molecule has 0 saturated heterocycles. The maximum absolute atomic E-state index is 4.14. The molecule has 6 heteroatoms. The molecule has 0 bridgehead atoms. The van der Waals surface area contributed by atoms with Gasteiger partial charge in [0.15, 0.2) is 3.92 Å². The smallest absolute Gasteiger partial charge is 0.209 e. The number of halogens is 1. The van der Waals surface area contributed by atoms with Crippen molar-refractivity contribution in [3.05, 3.63) is 3.92 Å². The monoisotopic (exact) mass is 292 g/mol. The second-order valence-electron chi connectivity index (χ2n) is 3.63. The summed E-state index contributed by atoms with van der Waals surface area (Å²) in [6.07, 6.45) is 1.13. The second kappa shape index (κ2) is 6.40. The average molecular weight is 293 g/mol. The van der Waals surface area contributed by atoms with Crippen LogP contribution in [0.2, 0.25) is 0 Å². The Morgan fingerprint density at radius 1 is 1.20 bits per heavy atom. The van der Waals surface area contributed by atoms with Gasteiger partial charge in [0, 0.05) is 19.6 Å². The lowest BCUT2D eigenvalue weighted by Crippen LogP contribution is -2.32. The molecule has 0 aliphatic carbocycles. The van der Waals surface area contributed by atoms with E-state index in [1.54, 1.807) is 11.3 Å². The summed E-state index contributed by atoms with van der Waals surface area (Å²) in [6.45, 7) is 5.26. The minimum absolute atomic E-state index is 0.850. The van der Waals surface area contributed by atoms with Crippen molar-refractivity contribution in [2.45, 2.75) is 13.3 Å². The Morgan fingerprint density at radius 2 is 1.93 bits per heavy atom. The first-order valence-corrected chi connectivity index (χ1v) is 6.63. The zero-order chi connectivity index (χ0) is 11.3. The molecule has 0 atom stereocenters. The maximum atomic E-state index is 4.14. The van der Waals surface area contributed by atoms with Gasteiger partial charge in [0.25, 0.3) is 0 Å². The normalized spacial score (nSPS) is 11.0. The van der Waals surface area contributed by atoms with E-state index >= 15 is 0 Å². The zero-order valence-electron chi connectivity index (χ0n) is 9.40. The number of likely N-dealkylation sites (N-methyl/N-ethyl adjacent to an activating group) is 1. The Hall–Kier alpha value is -0.200. The topological polar surface area (TPSA) is 32.3 Å². The summed E-state index contributed by atoms with van der Waals surface area (Å²) in [4.78, 5) is 4.46. The number of hydrogen-bond acceptors (Lipinski definition) is 5. The number of anilines is 1. The molecule has 0 amide bonds. The predicted molar refractivity (Wildman–Crippen MR) is 68.7 cm³/mol. The third kappa shape index (κ3) is 4.44. The van der Waals surface area contributed by atoms with Crippen LogP contribution in [-0.4, -0.2) is 48.8 Å². The van der Waals surface area contributed by atoms with Crippen LogP contribution in [-0.2, 0) is 0 Å². The minimum Gasteiger partial charge on any atom is -0.345 e. The second-order valence-corrected chi connectivity index (χ2v) is 5.86. The quantitative estimate of drug-likeness (QED) is 0.804. The van der Waals surface area contributed by atoms with Gasteiger partial charge in [-0.05, 0) is 36.4 Å². The van der Waals surface area contributed by atoms with Crippen LogP contribution in [0.5, 0.6) is 0 Å². The highest BCUT2D eigenvalue weighted by molar-refractivity contribution is 9.11. The minimum atomic E-state index is 0.850.